The van der Waals surface area contributed by atoms with Crippen molar-refractivity contribution in [1.29, 1.82) is 5.26 Å². The molecule has 10 nitrogen and oxygen atoms in total. The number of nitriles is 1. The number of rotatable bonds is 6. The lowest BCUT2D eigenvalue weighted by Crippen LogP contribution is -2.21. The Bertz CT molecular complexity index is 1160. The number of fused-ring (bicyclic) bond motifs is 1. The summed E-state index contributed by atoms with van der Waals surface area (Å²) >= 11 is 0. The van der Waals surface area contributed by atoms with Crippen LogP contribution in [0.5, 0.6) is 0 Å². The number of anilines is 4. The zero-order chi connectivity index (χ0) is 19.0. The summed E-state index contributed by atoms with van der Waals surface area (Å²) in [5.41, 5.74) is 2.59. The Labute approximate surface area is 155 Å². The number of aromatic nitrogens is 3. The van der Waals surface area contributed by atoms with Crippen LogP contribution < -0.4 is 20.5 Å². The van der Waals surface area contributed by atoms with Gasteiger partial charge in [0.25, 0.3) is 10.2 Å². The summed E-state index contributed by atoms with van der Waals surface area (Å²) in [6.45, 7) is 0. The molecule has 0 amide bonds. The molecule has 0 saturated heterocycles. The summed E-state index contributed by atoms with van der Waals surface area (Å²) < 4.78 is 26.1. The van der Waals surface area contributed by atoms with Crippen LogP contribution >= 0.6 is 0 Å². The van der Waals surface area contributed by atoms with Gasteiger partial charge in [-0.3, -0.25) is 4.72 Å². The molecule has 2 heterocycles. The monoisotopic (exact) mass is 384 g/mol. The highest BCUT2D eigenvalue weighted by molar-refractivity contribution is 7.90. The van der Waals surface area contributed by atoms with E-state index < -0.39 is 10.2 Å². The van der Waals surface area contributed by atoms with Gasteiger partial charge in [-0.05, 0) is 31.0 Å². The molecule has 5 N–H and O–H groups in total. The average Bonchev–Trinajstić information content (AvgIpc) is 3.30. The van der Waals surface area contributed by atoms with Crippen molar-refractivity contribution in [1.82, 2.24) is 14.6 Å². The number of hydrogen-bond acceptors (Lipinski definition) is 7. The van der Waals surface area contributed by atoms with Crippen molar-refractivity contribution < 1.29 is 8.42 Å². The van der Waals surface area contributed by atoms with Crippen LogP contribution in [0, 0.1) is 11.3 Å². The Morgan fingerprint density at radius 2 is 2.04 bits per heavy atom. The number of benzene rings is 1. The molecule has 4 rings (SSSR count). The molecule has 1 fully saturated rings. The maximum Gasteiger partial charge on any atom is 0.296 e. The standard InChI is InChI=1S/C16H16N8O2S/c17-8-13-9-19-16-14(20-10-4-5-10)7-15(22-24(13)16)21-11-2-1-3-12(6-11)23-27(18,25)26/h1-3,6-7,9-10,20,23H,4-5H2,(H,21,22)(H2,18,25,26). The van der Waals surface area contributed by atoms with Gasteiger partial charge in [0, 0.05) is 17.8 Å². The Balaban J connectivity index is 1.69. The quantitative estimate of drug-likeness (QED) is 0.503. The molecule has 138 valence electrons. The zero-order valence-corrected chi connectivity index (χ0v) is 14.9. The zero-order valence-electron chi connectivity index (χ0n) is 14.0. The van der Waals surface area contributed by atoms with Crippen molar-refractivity contribution in [3.05, 3.63) is 42.2 Å². The van der Waals surface area contributed by atoms with Crippen molar-refractivity contribution in [2.45, 2.75) is 18.9 Å². The molecule has 0 radical (unpaired) electrons. The molecule has 1 aliphatic rings. The first kappa shape index (κ1) is 17.1. The number of nitrogens with two attached hydrogens (primary N) is 1. The molecule has 27 heavy (non-hydrogen) atoms. The number of hydrogen-bond donors (Lipinski definition) is 4. The van der Waals surface area contributed by atoms with Crippen LogP contribution in [0.15, 0.2) is 36.5 Å². The Morgan fingerprint density at radius 3 is 2.74 bits per heavy atom. The van der Waals surface area contributed by atoms with E-state index in [1.165, 1.54) is 10.7 Å². The van der Waals surface area contributed by atoms with Gasteiger partial charge in [0.15, 0.2) is 17.2 Å². The highest BCUT2D eigenvalue weighted by Crippen LogP contribution is 2.29. The SMILES string of the molecule is N#Cc1cnc2c(NC3CC3)cc(Nc3cccc(NS(N)(=O)=O)c3)nn12. The molecule has 1 saturated carbocycles. The highest BCUT2D eigenvalue weighted by Gasteiger charge is 2.23. The van der Waals surface area contributed by atoms with E-state index in [2.05, 4.69) is 31.5 Å². The normalized spacial score (nSPS) is 13.9. The predicted octanol–water partition coefficient (Wildman–Crippen LogP) is 1.53. The van der Waals surface area contributed by atoms with Gasteiger partial charge in [0.1, 0.15) is 6.07 Å². The second-order valence-corrected chi connectivity index (χ2v) is 7.50. The molecular formula is C16H16N8O2S. The maximum atomic E-state index is 11.2. The van der Waals surface area contributed by atoms with Gasteiger partial charge in [-0.1, -0.05) is 6.07 Å². The van der Waals surface area contributed by atoms with Crippen LogP contribution in [-0.2, 0) is 10.2 Å². The van der Waals surface area contributed by atoms with E-state index in [-0.39, 0.29) is 0 Å². The lowest BCUT2D eigenvalue weighted by atomic mass is 10.3. The minimum absolute atomic E-state index is 0.317. The summed E-state index contributed by atoms with van der Waals surface area (Å²) in [5.74, 6) is 0.480. The van der Waals surface area contributed by atoms with Crippen LogP contribution in [0.3, 0.4) is 0 Å². The van der Waals surface area contributed by atoms with Crippen LogP contribution in [-0.4, -0.2) is 29.1 Å². The summed E-state index contributed by atoms with van der Waals surface area (Å²) in [7, 11) is -3.86. The summed E-state index contributed by atoms with van der Waals surface area (Å²) in [6.07, 6.45) is 3.65. The van der Waals surface area contributed by atoms with Crippen molar-refractivity contribution in [3.63, 3.8) is 0 Å². The predicted molar refractivity (Wildman–Crippen MR) is 101 cm³/mol. The third-order valence-corrected chi connectivity index (χ3v) is 4.43. The van der Waals surface area contributed by atoms with E-state index in [1.807, 2.05) is 6.07 Å². The minimum atomic E-state index is -3.86. The molecule has 3 aromatic rings. The Hall–Kier alpha value is -3.36. The van der Waals surface area contributed by atoms with Gasteiger partial charge in [-0.15, -0.1) is 5.10 Å². The van der Waals surface area contributed by atoms with E-state index in [0.29, 0.717) is 34.6 Å². The van der Waals surface area contributed by atoms with Gasteiger partial charge < -0.3 is 10.6 Å². The van der Waals surface area contributed by atoms with Crippen molar-refractivity contribution in [3.8, 4) is 6.07 Å². The van der Waals surface area contributed by atoms with E-state index >= 15 is 0 Å². The van der Waals surface area contributed by atoms with Crippen molar-refractivity contribution in [2.75, 3.05) is 15.4 Å². The van der Waals surface area contributed by atoms with Gasteiger partial charge in [0.05, 0.1) is 17.6 Å². The maximum absolute atomic E-state index is 11.2. The molecule has 2 aromatic heterocycles. The van der Waals surface area contributed by atoms with E-state index in [0.717, 1.165) is 18.5 Å². The summed E-state index contributed by atoms with van der Waals surface area (Å²) in [5, 5.41) is 25.2. The van der Waals surface area contributed by atoms with Gasteiger partial charge in [-0.25, -0.2) is 10.1 Å². The Morgan fingerprint density at radius 1 is 1.26 bits per heavy atom. The molecular weight excluding hydrogens is 368 g/mol. The van der Waals surface area contributed by atoms with Crippen molar-refractivity contribution in [2.24, 2.45) is 5.14 Å². The highest BCUT2D eigenvalue weighted by atomic mass is 32.2. The van der Waals surface area contributed by atoms with Crippen LogP contribution in [0.25, 0.3) is 5.65 Å². The lowest BCUT2D eigenvalue weighted by molar-refractivity contribution is 0.603. The van der Waals surface area contributed by atoms with E-state index in [1.54, 1.807) is 24.3 Å². The molecule has 11 heteroatoms. The fourth-order valence-electron chi connectivity index (χ4n) is 2.63. The fraction of sp³-hybridized carbons (Fsp3) is 0.188. The summed E-state index contributed by atoms with van der Waals surface area (Å²) in [6, 6.07) is 10.9. The number of nitrogens with zero attached hydrogens (tertiary/aromatic N) is 4. The molecule has 0 bridgehead atoms. The summed E-state index contributed by atoms with van der Waals surface area (Å²) in [4.78, 5) is 4.27. The molecule has 1 aliphatic carbocycles. The van der Waals surface area contributed by atoms with E-state index in [9.17, 15) is 13.7 Å². The molecule has 0 unspecified atom stereocenters. The first-order valence-corrected chi connectivity index (χ1v) is 9.69. The Kier molecular flexibility index (Phi) is 4.06. The fourth-order valence-corrected chi connectivity index (χ4v) is 3.09. The second kappa shape index (κ2) is 6.42. The first-order valence-electron chi connectivity index (χ1n) is 8.14. The number of nitrogens with one attached hydrogen (secondary N) is 3. The molecule has 1 aromatic carbocycles. The second-order valence-electron chi connectivity index (χ2n) is 6.21. The smallest absolute Gasteiger partial charge is 0.296 e. The van der Waals surface area contributed by atoms with Crippen molar-refractivity contribution >= 4 is 38.7 Å². The third-order valence-electron chi connectivity index (χ3n) is 3.91. The largest absolute Gasteiger partial charge is 0.379 e. The lowest BCUT2D eigenvalue weighted by Gasteiger charge is -2.12. The van der Waals surface area contributed by atoms with Crippen LogP contribution in [0.2, 0.25) is 0 Å². The number of imidazole rings is 1. The van der Waals surface area contributed by atoms with Gasteiger partial charge in [-0.2, -0.15) is 18.2 Å². The van der Waals surface area contributed by atoms with Crippen LogP contribution in [0.4, 0.5) is 22.9 Å². The van der Waals surface area contributed by atoms with Crippen LogP contribution in [0.1, 0.15) is 18.5 Å². The average molecular weight is 384 g/mol. The minimum Gasteiger partial charge on any atom is -0.379 e. The topological polar surface area (TPSA) is 150 Å². The first-order chi connectivity index (χ1) is 12.9. The van der Waals surface area contributed by atoms with E-state index in [4.69, 9.17) is 5.14 Å². The van der Waals surface area contributed by atoms with Gasteiger partial charge >= 0.3 is 0 Å². The van der Waals surface area contributed by atoms with Gasteiger partial charge in [0.2, 0.25) is 0 Å². The third kappa shape index (κ3) is 3.91. The molecule has 0 atom stereocenters. The molecule has 0 spiro atoms. The molecule has 0 aliphatic heterocycles.